The first kappa shape index (κ1) is 22.8. The van der Waals surface area contributed by atoms with Crippen molar-refractivity contribution in [1.29, 1.82) is 0 Å². The predicted octanol–water partition coefficient (Wildman–Crippen LogP) is 4.50. The summed E-state index contributed by atoms with van der Waals surface area (Å²) in [5.41, 5.74) is 1.25. The molecule has 0 saturated carbocycles. The van der Waals surface area contributed by atoms with Crippen molar-refractivity contribution in [1.82, 2.24) is 10.6 Å². The molecule has 0 atom stereocenters. The predicted molar refractivity (Wildman–Crippen MR) is 123 cm³/mol. The Kier molecular flexibility index (Phi) is 7.75. The van der Waals surface area contributed by atoms with Gasteiger partial charge in [0.05, 0.1) is 12.2 Å². The Hall–Kier alpha value is -2.45. The van der Waals surface area contributed by atoms with E-state index < -0.39 is 0 Å². The zero-order chi connectivity index (χ0) is 21.6. The molecule has 0 radical (unpaired) electrons. The lowest BCUT2D eigenvalue weighted by Gasteiger charge is -2.20. The first-order valence-corrected chi connectivity index (χ1v) is 10.3. The first-order valence-electron chi connectivity index (χ1n) is 9.06. The Balaban J connectivity index is 2.01. The van der Waals surface area contributed by atoms with E-state index >= 15 is 0 Å². The monoisotopic (exact) mass is 477 g/mol. The van der Waals surface area contributed by atoms with Crippen molar-refractivity contribution < 1.29 is 14.3 Å². The van der Waals surface area contributed by atoms with Crippen LogP contribution in [0.3, 0.4) is 0 Å². The summed E-state index contributed by atoms with van der Waals surface area (Å²) in [4.78, 5) is 24.8. The Morgan fingerprint density at radius 1 is 1.07 bits per heavy atom. The Morgan fingerprint density at radius 3 is 2.31 bits per heavy atom. The van der Waals surface area contributed by atoms with Crippen molar-refractivity contribution in [3.05, 3.63) is 58.1 Å². The van der Waals surface area contributed by atoms with Crippen LogP contribution >= 0.6 is 28.1 Å². The van der Waals surface area contributed by atoms with Gasteiger partial charge in [-0.1, -0.05) is 15.9 Å². The lowest BCUT2D eigenvalue weighted by molar-refractivity contribution is 0.0918. The van der Waals surface area contributed by atoms with Crippen LogP contribution in [-0.4, -0.2) is 29.1 Å². The Bertz CT molecular complexity index is 908. The number of ether oxygens (including phenoxy) is 1. The van der Waals surface area contributed by atoms with Crippen LogP contribution in [0, 0.1) is 0 Å². The minimum absolute atomic E-state index is 0.143. The standard InChI is InChI=1S/C21H24BrN3O3S/c1-5-28-17-11-8-14(22)12-16(17)19(27)24-20(29)23-15-9-6-13(7-10-15)18(26)25-21(2,3)4/h6-12H,5H2,1-4H3,(H,25,26)(H2,23,24,27,29). The molecule has 8 heteroatoms. The smallest absolute Gasteiger partial charge is 0.261 e. The lowest BCUT2D eigenvalue weighted by atomic mass is 10.1. The van der Waals surface area contributed by atoms with Crippen molar-refractivity contribution >= 4 is 50.8 Å². The van der Waals surface area contributed by atoms with Crippen LogP contribution < -0.4 is 20.7 Å². The SMILES string of the molecule is CCOc1ccc(Br)cc1C(=O)NC(=S)Nc1ccc(C(=O)NC(C)(C)C)cc1. The summed E-state index contributed by atoms with van der Waals surface area (Å²) in [5.74, 6) is -0.0586. The maximum absolute atomic E-state index is 12.6. The molecule has 0 aliphatic heterocycles. The van der Waals surface area contributed by atoms with Gasteiger partial charge in [0, 0.05) is 21.3 Å². The number of rotatable bonds is 5. The highest BCUT2D eigenvalue weighted by atomic mass is 79.9. The van der Waals surface area contributed by atoms with Gasteiger partial charge in [0.25, 0.3) is 11.8 Å². The number of hydrogen-bond acceptors (Lipinski definition) is 4. The van der Waals surface area contributed by atoms with E-state index in [1.165, 1.54) is 0 Å². The number of amides is 2. The summed E-state index contributed by atoms with van der Waals surface area (Å²) in [6, 6.07) is 12.0. The van der Waals surface area contributed by atoms with Gasteiger partial charge in [-0.15, -0.1) is 0 Å². The van der Waals surface area contributed by atoms with Crippen LogP contribution in [0.25, 0.3) is 0 Å². The highest BCUT2D eigenvalue weighted by molar-refractivity contribution is 9.10. The Morgan fingerprint density at radius 2 is 1.72 bits per heavy atom. The third-order valence-corrected chi connectivity index (χ3v) is 4.30. The van der Waals surface area contributed by atoms with Gasteiger partial charge >= 0.3 is 0 Å². The van der Waals surface area contributed by atoms with E-state index in [0.29, 0.717) is 29.2 Å². The average molecular weight is 478 g/mol. The van der Waals surface area contributed by atoms with Crippen LogP contribution in [0.2, 0.25) is 0 Å². The molecule has 6 nitrogen and oxygen atoms in total. The fourth-order valence-corrected chi connectivity index (χ4v) is 2.98. The first-order chi connectivity index (χ1) is 13.6. The zero-order valence-corrected chi connectivity index (χ0v) is 19.2. The highest BCUT2D eigenvalue weighted by Gasteiger charge is 2.16. The molecular weight excluding hydrogens is 454 g/mol. The highest BCUT2D eigenvalue weighted by Crippen LogP contribution is 2.23. The fourth-order valence-electron chi connectivity index (χ4n) is 2.41. The second kappa shape index (κ2) is 9.84. The molecule has 2 aromatic carbocycles. The lowest BCUT2D eigenvalue weighted by Crippen LogP contribution is -2.40. The van der Waals surface area contributed by atoms with Crippen molar-refractivity contribution in [2.75, 3.05) is 11.9 Å². The maximum atomic E-state index is 12.6. The average Bonchev–Trinajstić information content (AvgIpc) is 2.62. The summed E-state index contributed by atoms with van der Waals surface area (Å²) in [7, 11) is 0. The van der Waals surface area contributed by atoms with Crippen molar-refractivity contribution in [2.24, 2.45) is 0 Å². The maximum Gasteiger partial charge on any atom is 0.261 e. The van der Waals surface area contributed by atoms with E-state index in [1.54, 1.807) is 42.5 Å². The van der Waals surface area contributed by atoms with Gasteiger partial charge in [0.2, 0.25) is 0 Å². The number of anilines is 1. The van der Waals surface area contributed by atoms with Crippen molar-refractivity contribution in [3.63, 3.8) is 0 Å². The molecule has 0 aromatic heterocycles. The van der Waals surface area contributed by atoms with Crippen LogP contribution in [0.15, 0.2) is 46.9 Å². The minimum atomic E-state index is -0.381. The van der Waals surface area contributed by atoms with E-state index in [1.807, 2.05) is 27.7 Å². The molecule has 0 spiro atoms. The minimum Gasteiger partial charge on any atom is -0.493 e. The molecule has 29 heavy (non-hydrogen) atoms. The van der Waals surface area contributed by atoms with E-state index in [9.17, 15) is 9.59 Å². The number of carbonyl (C=O) groups is 2. The van der Waals surface area contributed by atoms with Gasteiger partial charge in [-0.25, -0.2) is 0 Å². The molecule has 0 aliphatic carbocycles. The van der Waals surface area contributed by atoms with E-state index in [2.05, 4.69) is 31.9 Å². The van der Waals surface area contributed by atoms with Gasteiger partial charge in [-0.05, 0) is 82.4 Å². The summed E-state index contributed by atoms with van der Waals surface area (Å²) in [6.07, 6.45) is 0. The summed E-state index contributed by atoms with van der Waals surface area (Å²) < 4.78 is 6.26. The van der Waals surface area contributed by atoms with Gasteiger partial charge in [-0.3, -0.25) is 14.9 Å². The molecule has 2 rings (SSSR count). The molecule has 0 fully saturated rings. The molecule has 0 aliphatic rings. The van der Waals surface area contributed by atoms with Gasteiger partial charge < -0.3 is 15.4 Å². The van der Waals surface area contributed by atoms with Gasteiger partial charge in [0.1, 0.15) is 5.75 Å². The van der Waals surface area contributed by atoms with E-state index in [0.717, 1.165) is 4.47 Å². The van der Waals surface area contributed by atoms with Gasteiger partial charge in [-0.2, -0.15) is 0 Å². The second-order valence-electron chi connectivity index (χ2n) is 7.26. The largest absolute Gasteiger partial charge is 0.493 e. The molecule has 0 bridgehead atoms. The van der Waals surface area contributed by atoms with Crippen LogP contribution in [-0.2, 0) is 0 Å². The summed E-state index contributed by atoms with van der Waals surface area (Å²) >= 11 is 8.59. The van der Waals surface area contributed by atoms with Crippen molar-refractivity contribution in [2.45, 2.75) is 33.2 Å². The van der Waals surface area contributed by atoms with Crippen LogP contribution in [0.1, 0.15) is 48.4 Å². The number of nitrogens with one attached hydrogen (secondary N) is 3. The molecule has 3 N–H and O–H groups in total. The van der Waals surface area contributed by atoms with E-state index in [4.69, 9.17) is 17.0 Å². The third-order valence-electron chi connectivity index (χ3n) is 3.61. The second-order valence-corrected chi connectivity index (χ2v) is 8.59. The molecule has 2 aromatic rings. The van der Waals surface area contributed by atoms with E-state index in [-0.39, 0.29) is 22.5 Å². The summed E-state index contributed by atoms with van der Waals surface area (Å²) in [6.45, 7) is 8.06. The summed E-state index contributed by atoms with van der Waals surface area (Å²) in [5, 5.41) is 8.62. The van der Waals surface area contributed by atoms with Crippen molar-refractivity contribution in [3.8, 4) is 5.75 Å². The number of hydrogen-bond donors (Lipinski definition) is 3. The molecule has 2 amide bonds. The topological polar surface area (TPSA) is 79.5 Å². The Labute approximate surface area is 184 Å². The quantitative estimate of drug-likeness (QED) is 0.552. The normalized spacial score (nSPS) is 10.8. The molecule has 0 saturated heterocycles. The number of thiocarbonyl (C=S) groups is 1. The third kappa shape index (κ3) is 7.14. The fraction of sp³-hybridized carbons (Fsp3) is 0.286. The molecule has 0 heterocycles. The van der Waals surface area contributed by atoms with Crippen LogP contribution in [0.5, 0.6) is 5.75 Å². The number of halogens is 1. The molecule has 0 unspecified atom stereocenters. The zero-order valence-electron chi connectivity index (χ0n) is 16.8. The van der Waals surface area contributed by atoms with Crippen LogP contribution in [0.4, 0.5) is 5.69 Å². The molecule has 154 valence electrons. The number of carbonyl (C=O) groups excluding carboxylic acids is 2. The molecular formula is C21H24BrN3O3S. The number of benzene rings is 2. The van der Waals surface area contributed by atoms with Gasteiger partial charge in [0.15, 0.2) is 5.11 Å².